The summed E-state index contributed by atoms with van der Waals surface area (Å²) in [5.74, 6) is -0.273. The van der Waals surface area contributed by atoms with E-state index in [1.165, 1.54) is 18.1 Å². The van der Waals surface area contributed by atoms with Gasteiger partial charge in [0.1, 0.15) is 11.6 Å². The molecule has 2 rings (SSSR count). The first-order valence-electron chi connectivity index (χ1n) is 5.55. The van der Waals surface area contributed by atoms with Gasteiger partial charge in [0, 0.05) is 0 Å². The Bertz CT molecular complexity index is 487. The van der Waals surface area contributed by atoms with E-state index in [-0.39, 0.29) is 5.97 Å². The molecule has 1 aromatic heterocycles. The van der Waals surface area contributed by atoms with Crippen LogP contribution in [0.15, 0.2) is 41.8 Å². The highest BCUT2D eigenvalue weighted by Crippen LogP contribution is 2.33. The summed E-state index contributed by atoms with van der Waals surface area (Å²) in [6.45, 7) is 2.15. The minimum absolute atomic E-state index is 0.273. The van der Waals surface area contributed by atoms with Crippen molar-refractivity contribution in [3.05, 3.63) is 42.2 Å². The van der Waals surface area contributed by atoms with E-state index in [1.807, 2.05) is 30.3 Å². The Labute approximate surface area is 109 Å². The average molecular weight is 263 g/mol. The summed E-state index contributed by atoms with van der Waals surface area (Å²) in [5.41, 5.74) is 0.886. The van der Waals surface area contributed by atoms with Gasteiger partial charge in [-0.15, -0.1) is 0 Å². The third kappa shape index (κ3) is 3.10. The average Bonchev–Trinajstić information content (AvgIpc) is 2.90. The molecule has 18 heavy (non-hydrogen) atoms. The number of aromatic nitrogens is 3. The second-order valence-electron chi connectivity index (χ2n) is 3.45. The number of esters is 1. The van der Waals surface area contributed by atoms with E-state index in [1.54, 1.807) is 6.92 Å². The lowest BCUT2D eigenvalue weighted by Crippen LogP contribution is -2.13. The van der Waals surface area contributed by atoms with Gasteiger partial charge in [-0.25, -0.2) is 4.98 Å². The molecule has 0 unspecified atom stereocenters. The van der Waals surface area contributed by atoms with E-state index in [9.17, 15) is 4.79 Å². The Balaban J connectivity index is 2.20. The van der Waals surface area contributed by atoms with Gasteiger partial charge < -0.3 is 4.74 Å². The zero-order chi connectivity index (χ0) is 12.8. The number of nitrogens with one attached hydrogen (secondary N) is 1. The molecular formula is C12H13N3O2S. The Hall–Kier alpha value is -1.82. The van der Waals surface area contributed by atoms with Crippen LogP contribution in [0.25, 0.3) is 0 Å². The Morgan fingerprint density at radius 1 is 1.44 bits per heavy atom. The fraction of sp³-hybridized carbons (Fsp3) is 0.250. The minimum Gasteiger partial charge on any atom is -0.465 e. The van der Waals surface area contributed by atoms with Crippen LogP contribution in [0, 0.1) is 0 Å². The Morgan fingerprint density at radius 2 is 2.22 bits per heavy atom. The number of carbonyl (C=O) groups excluding carboxylic acids is 1. The third-order valence-electron chi connectivity index (χ3n) is 2.23. The molecule has 0 fully saturated rings. The highest BCUT2D eigenvalue weighted by atomic mass is 32.2. The standard InChI is InChI=1S/C12H13N3O2S/c1-2-17-11(16)10(9-6-4-3-5-7-9)18-12-13-8-14-15-12/h3-8,10H,2H2,1H3,(H,13,14,15)/t10-/m1/s1. The summed E-state index contributed by atoms with van der Waals surface area (Å²) >= 11 is 1.29. The first kappa shape index (κ1) is 12.6. The number of carbonyl (C=O) groups is 1. The highest BCUT2D eigenvalue weighted by Gasteiger charge is 2.24. The van der Waals surface area contributed by atoms with E-state index >= 15 is 0 Å². The van der Waals surface area contributed by atoms with Crippen molar-refractivity contribution < 1.29 is 9.53 Å². The molecule has 0 aliphatic carbocycles. The molecule has 0 saturated carbocycles. The zero-order valence-corrected chi connectivity index (χ0v) is 10.7. The predicted octanol–water partition coefficient (Wildman–Crippen LogP) is 2.20. The van der Waals surface area contributed by atoms with Crippen LogP contribution in [0.3, 0.4) is 0 Å². The van der Waals surface area contributed by atoms with Crippen molar-refractivity contribution in [1.29, 1.82) is 0 Å². The number of aromatic amines is 1. The number of hydrogen-bond donors (Lipinski definition) is 1. The van der Waals surface area contributed by atoms with E-state index in [4.69, 9.17) is 4.74 Å². The normalized spacial score (nSPS) is 12.1. The molecule has 0 aliphatic rings. The van der Waals surface area contributed by atoms with Crippen LogP contribution in [0.2, 0.25) is 0 Å². The van der Waals surface area contributed by atoms with Gasteiger partial charge in [0.25, 0.3) is 0 Å². The predicted molar refractivity (Wildman–Crippen MR) is 68.1 cm³/mol. The lowest BCUT2D eigenvalue weighted by Gasteiger charge is -2.13. The van der Waals surface area contributed by atoms with Gasteiger partial charge in [-0.05, 0) is 12.5 Å². The number of nitrogens with zero attached hydrogens (tertiary/aromatic N) is 2. The summed E-state index contributed by atoms with van der Waals surface area (Å²) in [6, 6.07) is 9.48. The lowest BCUT2D eigenvalue weighted by atomic mass is 10.1. The van der Waals surface area contributed by atoms with Crippen molar-refractivity contribution in [3.8, 4) is 0 Å². The lowest BCUT2D eigenvalue weighted by molar-refractivity contribution is -0.142. The number of H-pyrrole nitrogens is 1. The smallest absolute Gasteiger partial charge is 0.324 e. The number of ether oxygens (including phenoxy) is 1. The maximum Gasteiger partial charge on any atom is 0.324 e. The molecule has 0 saturated heterocycles. The molecule has 0 radical (unpaired) electrons. The summed E-state index contributed by atoms with van der Waals surface area (Å²) in [6.07, 6.45) is 1.41. The van der Waals surface area contributed by atoms with Crippen LogP contribution in [0.1, 0.15) is 17.7 Å². The van der Waals surface area contributed by atoms with Crippen molar-refractivity contribution >= 4 is 17.7 Å². The zero-order valence-electron chi connectivity index (χ0n) is 9.87. The van der Waals surface area contributed by atoms with E-state index in [0.29, 0.717) is 11.8 Å². The number of rotatable bonds is 5. The number of benzene rings is 1. The Morgan fingerprint density at radius 3 is 2.83 bits per heavy atom. The molecule has 1 aromatic carbocycles. The molecule has 6 heteroatoms. The maximum absolute atomic E-state index is 12.0. The van der Waals surface area contributed by atoms with Crippen LogP contribution in [0.5, 0.6) is 0 Å². The van der Waals surface area contributed by atoms with Crippen LogP contribution in [0.4, 0.5) is 0 Å². The fourth-order valence-corrected chi connectivity index (χ4v) is 2.35. The SMILES string of the molecule is CCOC(=O)[C@H](Sc1ncn[nH]1)c1ccccc1. The molecule has 2 aromatic rings. The molecule has 1 atom stereocenters. The van der Waals surface area contributed by atoms with Crippen LogP contribution in [-0.2, 0) is 9.53 Å². The first-order chi connectivity index (χ1) is 8.81. The van der Waals surface area contributed by atoms with Crippen molar-refractivity contribution in [3.63, 3.8) is 0 Å². The molecule has 0 aliphatic heterocycles. The van der Waals surface area contributed by atoms with Crippen molar-refractivity contribution in [2.75, 3.05) is 6.61 Å². The fourth-order valence-electron chi connectivity index (χ4n) is 1.46. The third-order valence-corrected chi connectivity index (χ3v) is 3.35. The quantitative estimate of drug-likeness (QED) is 0.661. The van der Waals surface area contributed by atoms with Gasteiger partial charge >= 0.3 is 5.97 Å². The van der Waals surface area contributed by atoms with Gasteiger partial charge in [-0.3, -0.25) is 9.89 Å². The first-order valence-corrected chi connectivity index (χ1v) is 6.43. The molecular weight excluding hydrogens is 250 g/mol. The highest BCUT2D eigenvalue weighted by molar-refractivity contribution is 8.00. The van der Waals surface area contributed by atoms with Crippen molar-refractivity contribution in [2.45, 2.75) is 17.3 Å². The topological polar surface area (TPSA) is 67.9 Å². The van der Waals surface area contributed by atoms with Crippen LogP contribution < -0.4 is 0 Å². The Kier molecular flexibility index (Phi) is 4.35. The van der Waals surface area contributed by atoms with Crippen LogP contribution in [-0.4, -0.2) is 27.8 Å². The molecule has 94 valence electrons. The molecule has 0 spiro atoms. The van der Waals surface area contributed by atoms with Gasteiger partial charge in [-0.2, -0.15) is 5.10 Å². The van der Waals surface area contributed by atoms with Gasteiger partial charge in [-0.1, -0.05) is 42.1 Å². The number of hydrogen-bond acceptors (Lipinski definition) is 5. The molecule has 5 nitrogen and oxygen atoms in total. The monoisotopic (exact) mass is 263 g/mol. The maximum atomic E-state index is 12.0. The number of thioether (sulfide) groups is 1. The summed E-state index contributed by atoms with van der Waals surface area (Å²) in [4.78, 5) is 16.0. The van der Waals surface area contributed by atoms with Gasteiger partial charge in [0.2, 0.25) is 0 Å². The summed E-state index contributed by atoms with van der Waals surface area (Å²) in [5, 5.41) is 6.66. The van der Waals surface area contributed by atoms with Gasteiger partial charge in [0.05, 0.1) is 6.61 Å². The molecule has 0 amide bonds. The van der Waals surface area contributed by atoms with Crippen molar-refractivity contribution in [2.24, 2.45) is 0 Å². The van der Waals surface area contributed by atoms with E-state index in [0.717, 1.165) is 5.56 Å². The van der Waals surface area contributed by atoms with Crippen molar-refractivity contribution in [1.82, 2.24) is 15.2 Å². The van der Waals surface area contributed by atoms with E-state index < -0.39 is 5.25 Å². The second kappa shape index (κ2) is 6.20. The van der Waals surface area contributed by atoms with Crippen LogP contribution >= 0.6 is 11.8 Å². The summed E-state index contributed by atoms with van der Waals surface area (Å²) in [7, 11) is 0. The molecule has 1 heterocycles. The molecule has 0 bridgehead atoms. The summed E-state index contributed by atoms with van der Waals surface area (Å²) < 4.78 is 5.09. The van der Waals surface area contributed by atoms with E-state index in [2.05, 4.69) is 15.2 Å². The second-order valence-corrected chi connectivity index (χ2v) is 4.55. The molecule has 1 N–H and O–H groups in total. The minimum atomic E-state index is -0.431. The largest absolute Gasteiger partial charge is 0.465 e. The van der Waals surface area contributed by atoms with Gasteiger partial charge in [0.15, 0.2) is 5.16 Å².